The summed E-state index contributed by atoms with van der Waals surface area (Å²) in [6, 6.07) is -2.04. The summed E-state index contributed by atoms with van der Waals surface area (Å²) in [6.45, 7) is 3.58. The van der Waals surface area contributed by atoms with Crippen molar-refractivity contribution in [2.45, 2.75) is 64.0 Å². The van der Waals surface area contributed by atoms with E-state index in [4.69, 9.17) is 10.5 Å². The van der Waals surface area contributed by atoms with Crippen LogP contribution in [0.2, 0.25) is 0 Å². The van der Waals surface area contributed by atoms with Crippen LogP contribution < -0.4 is 16.4 Å². The summed E-state index contributed by atoms with van der Waals surface area (Å²) in [5.74, 6) is -2.00. The first kappa shape index (κ1) is 22.1. The molecule has 28 heavy (non-hydrogen) atoms. The number of carbonyl (C=O) groups excluding carboxylic acids is 4. The number of rotatable bonds is 8. The average molecular weight is 396 g/mol. The number of nitrogens with zero attached hydrogens (tertiary/aromatic N) is 1. The third-order valence-electron chi connectivity index (χ3n) is 5.49. The Hall–Kier alpha value is -2.16. The molecule has 1 saturated heterocycles. The van der Waals surface area contributed by atoms with E-state index in [0.29, 0.717) is 38.6 Å². The Kier molecular flexibility index (Phi) is 8.69. The maximum absolute atomic E-state index is 12.9. The number of hydrogen-bond acceptors (Lipinski definition) is 5. The first-order chi connectivity index (χ1) is 13.4. The van der Waals surface area contributed by atoms with Crippen LogP contribution in [0.25, 0.3) is 0 Å². The van der Waals surface area contributed by atoms with Gasteiger partial charge < -0.3 is 26.0 Å². The number of morpholine rings is 1. The lowest BCUT2D eigenvalue weighted by molar-refractivity contribution is -0.138. The highest BCUT2D eigenvalue weighted by Gasteiger charge is 2.31. The van der Waals surface area contributed by atoms with Gasteiger partial charge in [0.05, 0.1) is 19.3 Å². The van der Waals surface area contributed by atoms with E-state index in [9.17, 15) is 19.2 Å². The molecule has 9 nitrogen and oxygen atoms in total. The van der Waals surface area contributed by atoms with E-state index < -0.39 is 29.7 Å². The van der Waals surface area contributed by atoms with E-state index in [1.165, 1.54) is 6.42 Å². The van der Waals surface area contributed by atoms with E-state index in [0.717, 1.165) is 25.7 Å². The molecule has 2 rings (SSSR count). The molecule has 0 bridgehead atoms. The van der Waals surface area contributed by atoms with Crippen LogP contribution in [0.4, 0.5) is 4.79 Å². The van der Waals surface area contributed by atoms with Crippen molar-refractivity contribution in [2.75, 3.05) is 26.3 Å². The molecule has 4 amide bonds. The van der Waals surface area contributed by atoms with Gasteiger partial charge >= 0.3 is 6.03 Å². The Morgan fingerprint density at radius 2 is 1.68 bits per heavy atom. The molecular formula is C19H32N4O5. The summed E-state index contributed by atoms with van der Waals surface area (Å²) in [4.78, 5) is 50.1. The fourth-order valence-corrected chi connectivity index (χ4v) is 3.79. The summed E-state index contributed by atoms with van der Waals surface area (Å²) in [6.07, 6.45) is 6.24. The lowest BCUT2D eigenvalue weighted by atomic mass is 9.84. The number of urea groups is 1. The third kappa shape index (κ3) is 6.47. The molecule has 0 radical (unpaired) electrons. The van der Waals surface area contributed by atoms with Crippen molar-refractivity contribution in [1.29, 1.82) is 0 Å². The Bertz CT molecular complexity index is 571. The standard InChI is InChI=1S/C19H32N4O5/c1-2-14(16(24)17(20)25)21-18(26)15(12-13-6-4-3-5-7-13)22-19(27)23-8-10-28-11-9-23/h13-15H,2-12H2,1H3,(H2,20,25)(H,21,26)(H,22,27)/t14?,15-/m0/s1. The smallest absolute Gasteiger partial charge is 0.318 e. The monoisotopic (exact) mass is 396 g/mol. The molecule has 1 aliphatic heterocycles. The molecular weight excluding hydrogens is 364 g/mol. The number of primary amides is 1. The summed E-state index contributed by atoms with van der Waals surface area (Å²) in [7, 11) is 0. The minimum Gasteiger partial charge on any atom is -0.378 e. The number of amides is 4. The van der Waals surface area contributed by atoms with Gasteiger partial charge in [0.15, 0.2) is 0 Å². The number of Topliss-reactive ketones (excluding diaryl/α,β-unsaturated/α-hetero) is 1. The molecule has 1 saturated carbocycles. The lowest BCUT2D eigenvalue weighted by Crippen LogP contribution is -2.56. The fraction of sp³-hybridized carbons (Fsp3) is 0.789. The minimum atomic E-state index is -1.08. The van der Waals surface area contributed by atoms with Crippen molar-refractivity contribution in [3.8, 4) is 0 Å². The zero-order valence-corrected chi connectivity index (χ0v) is 16.6. The number of nitrogens with two attached hydrogens (primary N) is 1. The first-order valence-corrected chi connectivity index (χ1v) is 10.2. The van der Waals surface area contributed by atoms with Gasteiger partial charge in [-0.3, -0.25) is 14.4 Å². The quantitative estimate of drug-likeness (QED) is 0.509. The second kappa shape index (κ2) is 11.0. The molecule has 0 aromatic rings. The van der Waals surface area contributed by atoms with Crippen LogP contribution in [0, 0.1) is 5.92 Å². The van der Waals surface area contributed by atoms with E-state index in [1.54, 1.807) is 11.8 Å². The zero-order chi connectivity index (χ0) is 20.5. The summed E-state index contributed by atoms with van der Waals surface area (Å²) >= 11 is 0. The van der Waals surface area contributed by atoms with Gasteiger partial charge in [-0.15, -0.1) is 0 Å². The van der Waals surface area contributed by atoms with E-state index in [1.807, 2.05) is 0 Å². The highest BCUT2D eigenvalue weighted by atomic mass is 16.5. The van der Waals surface area contributed by atoms with Gasteiger partial charge in [0.1, 0.15) is 6.04 Å². The van der Waals surface area contributed by atoms with Gasteiger partial charge in [0, 0.05) is 13.1 Å². The molecule has 158 valence electrons. The highest BCUT2D eigenvalue weighted by Crippen LogP contribution is 2.27. The van der Waals surface area contributed by atoms with Crippen molar-refractivity contribution in [3.63, 3.8) is 0 Å². The molecule has 2 aliphatic rings. The Labute approximate surface area is 165 Å². The normalized spacial score (nSPS) is 20.1. The van der Waals surface area contributed by atoms with Crippen LogP contribution >= 0.6 is 0 Å². The van der Waals surface area contributed by atoms with Crippen molar-refractivity contribution < 1.29 is 23.9 Å². The molecule has 0 aromatic carbocycles. The highest BCUT2D eigenvalue weighted by molar-refractivity contribution is 6.37. The van der Waals surface area contributed by atoms with E-state index in [-0.39, 0.29) is 12.5 Å². The summed E-state index contributed by atoms with van der Waals surface area (Å²) < 4.78 is 5.26. The summed E-state index contributed by atoms with van der Waals surface area (Å²) in [5.41, 5.74) is 5.06. The van der Waals surface area contributed by atoms with Gasteiger partial charge in [0.25, 0.3) is 5.91 Å². The predicted molar refractivity (Wildman–Crippen MR) is 102 cm³/mol. The molecule has 1 unspecified atom stereocenters. The van der Waals surface area contributed by atoms with Crippen LogP contribution in [0.15, 0.2) is 0 Å². The van der Waals surface area contributed by atoms with Gasteiger partial charge in [0.2, 0.25) is 11.7 Å². The Balaban J connectivity index is 2.04. The predicted octanol–water partition coefficient (Wildman–Crippen LogP) is 0.316. The van der Waals surface area contributed by atoms with E-state index >= 15 is 0 Å². The number of hydrogen-bond donors (Lipinski definition) is 3. The zero-order valence-electron chi connectivity index (χ0n) is 16.6. The van der Waals surface area contributed by atoms with Crippen molar-refractivity contribution in [2.24, 2.45) is 11.7 Å². The largest absolute Gasteiger partial charge is 0.378 e. The number of nitrogens with one attached hydrogen (secondary N) is 2. The number of ether oxygens (including phenoxy) is 1. The molecule has 1 aliphatic carbocycles. The SMILES string of the molecule is CCC(NC(=O)[C@H](CC1CCCCC1)NC(=O)N1CCOCC1)C(=O)C(N)=O. The first-order valence-electron chi connectivity index (χ1n) is 10.2. The third-order valence-corrected chi connectivity index (χ3v) is 5.49. The van der Waals surface area contributed by atoms with Gasteiger partial charge in [-0.05, 0) is 18.8 Å². The average Bonchev–Trinajstić information content (AvgIpc) is 2.72. The molecule has 0 aromatic heterocycles. The fourth-order valence-electron chi connectivity index (χ4n) is 3.79. The molecule has 0 spiro atoms. The molecule has 4 N–H and O–H groups in total. The molecule has 2 atom stereocenters. The maximum Gasteiger partial charge on any atom is 0.318 e. The number of carbonyl (C=O) groups is 4. The summed E-state index contributed by atoms with van der Waals surface area (Å²) in [5, 5.41) is 5.42. The molecule has 1 heterocycles. The number of ketones is 1. The van der Waals surface area contributed by atoms with Gasteiger partial charge in [-0.1, -0.05) is 39.0 Å². The van der Waals surface area contributed by atoms with Crippen LogP contribution in [0.3, 0.4) is 0 Å². The van der Waals surface area contributed by atoms with Crippen molar-refractivity contribution in [3.05, 3.63) is 0 Å². The maximum atomic E-state index is 12.9. The minimum absolute atomic E-state index is 0.251. The molecule has 2 fully saturated rings. The second-order valence-electron chi connectivity index (χ2n) is 7.54. The van der Waals surface area contributed by atoms with Gasteiger partial charge in [-0.25, -0.2) is 4.79 Å². The van der Waals surface area contributed by atoms with Crippen molar-refractivity contribution >= 4 is 23.6 Å². The van der Waals surface area contributed by atoms with Gasteiger partial charge in [-0.2, -0.15) is 0 Å². The van der Waals surface area contributed by atoms with Crippen LogP contribution in [-0.4, -0.2) is 66.9 Å². The van der Waals surface area contributed by atoms with E-state index in [2.05, 4.69) is 10.6 Å². The molecule has 9 heteroatoms. The van der Waals surface area contributed by atoms with Crippen LogP contribution in [0.5, 0.6) is 0 Å². The second-order valence-corrected chi connectivity index (χ2v) is 7.54. The lowest BCUT2D eigenvalue weighted by Gasteiger charge is -2.31. The topological polar surface area (TPSA) is 131 Å². The van der Waals surface area contributed by atoms with Crippen LogP contribution in [0.1, 0.15) is 51.9 Å². The Morgan fingerprint density at radius 3 is 2.25 bits per heavy atom. The van der Waals surface area contributed by atoms with Crippen LogP contribution in [-0.2, 0) is 19.1 Å². The Morgan fingerprint density at radius 1 is 1.04 bits per heavy atom. The van der Waals surface area contributed by atoms with Crippen molar-refractivity contribution in [1.82, 2.24) is 15.5 Å².